The van der Waals surface area contributed by atoms with Gasteiger partial charge in [0.05, 0.1) is 41.8 Å². The van der Waals surface area contributed by atoms with E-state index >= 15 is 19.2 Å². The molecule has 0 bridgehead atoms. The zero-order valence-corrected chi connectivity index (χ0v) is 29.1. The highest BCUT2D eigenvalue weighted by Gasteiger charge is 2.77. The highest BCUT2D eigenvalue weighted by Crippen LogP contribution is 2.64. The van der Waals surface area contributed by atoms with Gasteiger partial charge in [-0.25, -0.2) is 9.80 Å². The Morgan fingerprint density at radius 3 is 1.71 bits per heavy atom. The Morgan fingerprint density at radius 1 is 0.596 bits per heavy atom. The summed E-state index contributed by atoms with van der Waals surface area (Å²) < 4.78 is 11.3. The van der Waals surface area contributed by atoms with Crippen LogP contribution in [0.4, 0.5) is 11.4 Å². The molecule has 8 rings (SSSR count). The van der Waals surface area contributed by atoms with Crippen molar-refractivity contribution >= 4 is 35.0 Å². The molecule has 3 heterocycles. The highest BCUT2D eigenvalue weighted by molar-refractivity contribution is 6.33. The summed E-state index contributed by atoms with van der Waals surface area (Å²) in [5.41, 5.74) is 0.499. The van der Waals surface area contributed by atoms with Crippen molar-refractivity contribution in [1.82, 2.24) is 4.98 Å². The molecule has 3 aliphatic rings. The van der Waals surface area contributed by atoms with Gasteiger partial charge in [-0.3, -0.25) is 24.2 Å². The molecule has 0 spiro atoms. The number of fused-ring (bicyclic) bond motifs is 6. The number of benzene rings is 4. The van der Waals surface area contributed by atoms with Crippen LogP contribution in [0.3, 0.4) is 0 Å². The average molecular weight is 692 g/mol. The Bertz CT molecular complexity index is 2220. The monoisotopic (exact) mass is 691 g/mol. The Kier molecular flexibility index (Phi) is 8.01. The van der Waals surface area contributed by atoms with E-state index in [1.165, 1.54) is 9.80 Å². The zero-order chi connectivity index (χ0) is 36.2. The largest absolute Gasteiger partial charge is 0.494 e. The van der Waals surface area contributed by atoms with Crippen molar-refractivity contribution in [3.63, 3.8) is 0 Å². The standard InChI is InChI=1S/C43H37N3O6/c1-4-51-32-22-18-30(19-23-32)45-38(47)36-37-39(48)46(31-20-24-33(25-21-31)52-5-2)41(50)43(37,28-13-7-6-8-14-28)35-17-10-9-16-34(35)42(36,40(45)49)26-29-15-11-12-27(3)44-29/h6-25,36-37H,4-5,26H2,1-3H3/t36-,37-,42-,43-/m1/s1. The number of pyridine rings is 1. The molecule has 2 saturated heterocycles. The van der Waals surface area contributed by atoms with Crippen molar-refractivity contribution in [2.75, 3.05) is 23.0 Å². The molecule has 0 radical (unpaired) electrons. The predicted octanol–water partition coefficient (Wildman–Crippen LogP) is 6.35. The van der Waals surface area contributed by atoms with Crippen LogP contribution in [0.2, 0.25) is 0 Å². The van der Waals surface area contributed by atoms with Gasteiger partial charge in [0.25, 0.3) is 0 Å². The predicted molar refractivity (Wildman–Crippen MR) is 195 cm³/mol. The van der Waals surface area contributed by atoms with Crippen molar-refractivity contribution in [2.24, 2.45) is 11.8 Å². The fraction of sp³-hybridized carbons (Fsp3) is 0.233. The van der Waals surface area contributed by atoms with Gasteiger partial charge < -0.3 is 9.47 Å². The van der Waals surface area contributed by atoms with Gasteiger partial charge in [0.1, 0.15) is 16.9 Å². The number of aromatic nitrogens is 1. The third-order valence-electron chi connectivity index (χ3n) is 10.7. The summed E-state index contributed by atoms with van der Waals surface area (Å²) in [6, 6.07) is 35.7. The second-order valence-electron chi connectivity index (χ2n) is 13.4. The first-order valence-electron chi connectivity index (χ1n) is 17.6. The lowest BCUT2D eigenvalue weighted by Gasteiger charge is -2.47. The minimum absolute atomic E-state index is 0.0420. The summed E-state index contributed by atoms with van der Waals surface area (Å²) >= 11 is 0. The Morgan fingerprint density at radius 2 is 1.13 bits per heavy atom. The van der Waals surface area contributed by atoms with E-state index in [4.69, 9.17) is 14.5 Å². The molecule has 9 nitrogen and oxygen atoms in total. The fourth-order valence-corrected chi connectivity index (χ4v) is 8.75. The van der Waals surface area contributed by atoms with Crippen LogP contribution < -0.4 is 19.3 Å². The minimum atomic E-state index is -1.62. The van der Waals surface area contributed by atoms with E-state index in [1.54, 1.807) is 48.5 Å². The summed E-state index contributed by atoms with van der Waals surface area (Å²) in [5.74, 6) is -3.37. The molecular weight excluding hydrogens is 654 g/mol. The Labute approximate surface area is 301 Å². The van der Waals surface area contributed by atoms with E-state index < -0.39 is 46.3 Å². The van der Waals surface area contributed by atoms with Crippen LogP contribution >= 0.6 is 0 Å². The second kappa shape index (κ2) is 12.6. The molecule has 0 saturated carbocycles. The van der Waals surface area contributed by atoms with E-state index in [0.29, 0.717) is 58.5 Å². The van der Waals surface area contributed by atoms with Crippen molar-refractivity contribution in [3.8, 4) is 11.5 Å². The van der Waals surface area contributed by atoms with Crippen LogP contribution in [-0.4, -0.2) is 41.8 Å². The first kappa shape index (κ1) is 33.1. The Balaban J connectivity index is 1.42. The normalized spacial score (nSPS) is 23.4. The third kappa shape index (κ3) is 4.65. The number of amides is 4. The van der Waals surface area contributed by atoms with Gasteiger partial charge in [0.2, 0.25) is 23.6 Å². The number of anilines is 2. The van der Waals surface area contributed by atoms with Crippen molar-refractivity contribution < 1.29 is 28.7 Å². The van der Waals surface area contributed by atoms with Gasteiger partial charge in [-0.2, -0.15) is 0 Å². The van der Waals surface area contributed by atoms with Crippen LogP contribution in [0.15, 0.2) is 121 Å². The molecule has 5 aromatic rings. The molecule has 2 aliphatic heterocycles. The number of carbonyl (C=O) groups is 4. The molecule has 260 valence electrons. The molecule has 0 N–H and O–H groups in total. The molecule has 0 unspecified atom stereocenters. The van der Waals surface area contributed by atoms with Crippen LogP contribution in [0.25, 0.3) is 0 Å². The maximum Gasteiger partial charge on any atom is 0.249 e. The quantitative estimate of drug-likeness (QED) is 0.166. The number of ether oxygens (including phenoxy) is 2. The van der Waals surface area contributed by atoms with Crippen LogP contribution in [0.1, 0.15) is 41.9 Å². The summed E-state index contributed by atoms with van der Waals surface area (Å²) in [6.45, 7) is 6.54. The number of rotatable bonds is 9. The highest BCUT2D eigenvalue weighted by atomic mass is 16.5. The second-order valence-corrected chi connectivity index (χ2v) is 13.4. The molecule has 2 fully saturated rings. The SMILES string of the molecule is CCOc1ccc(N2C(=O)[C@H]3[C@@H]4C(=O)N(c5ccc(OCC)cc5)C(=O)[C@]4(Cc4cccc(C)n4)c4ccccc4[C@@]3(c3ccccc3)C2=O)cc1. The summed E-state index contributed by atoms with van der Waals surface area (Å²) in [4.78, 5) is 68.7. The molecule has 4 aromatic carbocycles. The molecule has 4 atom stereocenters. The van der Waals surface area contributed by atoms with E-state index in [2.05, 4.69) is 0 Å². The van der Waals surface area contributed by atoms with Gasteiger partial charge in [0.15, 0.2) is 0 Å². The zero-order valence-electron chi connectivity index (χ0n) is 29.1. The number of hydrogen-bond donors (Lipinski definition) is 0. The van der Waals surface area contributed by atoms with Crippen molar-refractivity contribution in [2.45, 2.75) is 38.0 Å². The first-order valence-corrected chi connectivity index (χ1v) is 17.6. The van der Waals surface area contributed by atoms with Crippen LogP contribution in [-0.2, 0) is 36.4 Å². The Hall–Kier alpha value is -6.09. The lowest BCUT2D eigenvalue weighted by atomic mass is 9.49. The van der Waals surface area contributed by atoms with Gasteiger partial charge in [-0.15, -0.1) is 0 Å². The number of hydrogen-bond acceptors (Lipinski definition) is 7. The van der Waals surface area contributed by atoms with Gasteiger partial charge in [-0.1, -0.05) is 60.7 Å². The van der Waals surface area contributed by atoms with E-state index in [9.17, 15) is 0 Å². The smallest absolute Gasteiger partial charge is 0.249 e. The topological polar surface area (TPSA) is 106 Å². The third-order valence-corrected chi connectivity index (χ3v) is 10.7. The number of imide groups is 2. The minimum Gasteiger partial charge on any atom is -0.494 e. The number of carbonyl (C=O) groups excluding carboxylic acids is 4. The maximum absolute atomic E-state index is 15.4. The van der Waals surface area contributed by atoms with Gasteiger partial charge in [-0.05, 0) is 98.1 Å². The number of aryl methyl sites for hydroxylation is 1. The van der Waals surface area contributed by atoms with Crippen molar-refractivity contribution in [3.05, 3.63) is 149 Å². The van der Waals surface area contributed by atoms with Crippen molar-refractivity contribution in [1.29, 1.82) is 0 Å². The fourth-order valence-electron chi connectivity index (χ4n) is 8.75. The lowest BCUT2D eigenvalue weighted by molar-refractivity contribution is -0.133. The lowest BCUT2D eigenvalue weighted by Crippen LogP contribution is -2.58. The number of nitrogens with zero attached hydrogens (tertiary/aromatic N) is 3. The molecular formula is C43H37N3O6. The average Bonchev–Trinajstić information content (AvgIpc) is 3.52. The molecule has 9 heteroatoms. The summed E-state index contributed by atoms with van der Waals surface area (Å²) in [6.07, 6.45) is 0.0420. The van der Waals surface area contributed by atoms with E-state index in [0.717, 1.165) is 5.69 Å². The molecule has 52 heavy (non-hydrogen) atoms. The molecule has 4 amide bonds. The molecule has 1 aliphatic carbocycles. The van der Waals surface area contributed by atoms with Gasteiger partial charge in [0, 0.05) is 17.8 Å². The maximum atomic E-state index is 15.4. The molecule has 1 aromatic heterocycles. The summed E-state index contributed by atoms with van der Waals surface area (Å²) in [5, 5.41) is 0. The van der Waals surface area contributed by atoms with E-state index in [-0.39, 0.29) is 6.42 Å². The van der Waals surface area contributed by atoms with Crippen LogP contribution in [0.5, 0.6) is 11.5 Å². The summed E-state index contributed by atoms with van der Waals surface area (Å²) in [7, 11) is 0. The van der Waals surface area contributed by atoms with Crippen LogP contribution in [0, 0.1) is 18.8 Å². The first-order chi connectivity index (χ1) is 25.3. The van der Waals surface area contributed by atoms with Gasteiger partial charge >= 0.3 is 0 Å². The van der Waals surface area contributed by atoms with E-state index in [1.807, 2.05) is 93.6 Å².